The van der Waals surface area contributed by atoms with Crippen LogP contribution in [0.25, 0.3) is 0 Å². The van der Waals surface area contributed by atoms with Crippen LogP contribution < -0.4 is 5.73 Å². The van der Waals surface area contributed by atoms with Crippen molar-refractivity contribution in [2.45, 2.75) is 31.7 Å². The van der Waals surface area contributed by atoms with Crippen molar-refractivity contribution in [3.05, 3.63) is 35.4 Å². The fourth-order valence-corrected chi connectivity index (χ4v) is 1.45. The Balaban J connectivity index is 0.000000845. The number of hydrogen-bond acceptors (Lipinski definition) is 1. The minimum absolute atomic E-state index is 0. The van der Waals surface area contributed by atoms with Crippen LogP contribution in [0.2, 0.25) is 0 Å². The summed E-state index contributed by atoms with van der Waals surface area (Å²) in [6, 6.07) is 8.67. The molecule has 0 unspecified atom stereocenters. The summed E-state index contributed by atoms with van der Waals surface area (Å²) in [5, 5.41) is 0. The second-order valence-corrected chi connectivity index (χ2v) is 4.02. The molecule has 2 N–H and O–H groups in total. The zero-order valence-electron chi connectivity index (χ0n) is 7.92. The van der Waals surface area contributed by atoms with Crippen LogP contribution in [0.4, 0.5) is 0 Å². The summed E-state index contributed by atoms with van der Waals surface area (Å²) in [5.41, 5.74) is 8.86. The molecule has 0 atom stereocenters. The van der Waals surface area contributed by atoms with E-state index in [-0.39, 0.29) is 17.9 Å². The van der Waals surface area contributed by atoms with Crippen molar-refractivity contribution in [3.63, 3.8) is 0 Å². The highest BCUT2D eigenvalue weighted by molar-refractivity contribution is 5.85. The molecule has 1 saturated carbocycles. The first kappa shape index (κ1) is 10.6. The highest BCUT2D eigenvalue weighted by atomic mass is 35.5. The predicted molar refractivity (Wildman–Crippen MR) is 58.3 cm³/mol. The van der Waals surface area contributed by atoms with E-state index in [1.807, 2.05) is 0 Å². The van der Waals surface area contributed by atoms with Crippen molar-refractivity contribution in [3.8, 4) is 0 Å². The minimum Gasteiger partial charge on any atom is -0.325 e. The molecule has 2 heteroatoms. The fraction of sp³-hybridized carbons (Fsp3) is 0.455. The smallest absolute Gasteiger partial charge is 0.0196 e. The molecule has 1 fully saturated rings. The summed E-state index contributed by atoms with van der Waals surface area (Å²) in [4.78, 5) is 0. The number of nitrogens with two attached hydrogens (primary N) is 1. The molecule has 0 radical (unpaired) electrons. The first-order valence-corrected chi connectivity index (χ1v) is 4.52. The highest BCUT2D eigenvalue weighted by Crippen LogP contribution is 2.35. The van der Waals surface area contributed by atoms with Crippen molar-refractivity contribution < 1.29 is 0 Å². The molecule has 1 aliphatic carbocycles. The van der Waals surface area contributed by atoms with E-state index in [2.05, 4.69) is 31.2 Å². The van der Waals surface area contributed by atoms with Gasteiger partial charge in [-0.3, -0.25) is 0 Å². The Hall–Kier alpha value is -0.530. The summed E-state index contributed by atoms with van der Waals surface area (Å²) in [7, 11) is 0. The maximum atomic E-state index is 6.02. The number of hydrogen-bond donors (Lipinski definition) is 1. The molecule has 0 heterocycles. The molecule has 1 aliphatic rings. The Bertz CT molecular complexity index is 275. The van der Waals surface area contributed by atoms with Gasteiger partial charge in [0.2, 0.25) is 0 Å². The standard InChI is InChI=1S/C11H15N.ClH/c1-9-2-4-10(5-3-9)8-11(12)6-7-11;/h2-5H,6-8,12H2,1H3;1H. The molecule has 0 aromatic heterocycles. The number of benzene rings is 1. The van der Waals surface area contributed by atoms with E-state index < -0.39 is 0 Å². The quantitative estimate of drug-likeness (QED) is 0.775. The van der Waals surface area contributed by atoms with Gasteiger partial charge in [-0.1, -0.05) is 29.8 Å². The van der Waals surface area contributed by atoms with Gasteiger partial charge in [-0.15, -0.1) is 12.4 Å². The monoisotopic (exact) mass is 197 g/mol. The van der Waals surface area contributed by atoms with Crippen molar-refractivity contribution >= 4 is 12.4 Å². The molecule has 2 rings (SSSR count). The zero-order valence-corrected chi connectivity index (χ0v) is 8.73. The van der Waals surface area contributed by atoms with Crippen LogP contribution >= 0.6 is 12.4 Å². The topological polar surface area (TPSA) is 26.0 Å². The van der Waals surface area contributed by atoms with Crippen molar-refractivity contribution in [1.82, 2.24) is 0 Å². The van der Waals surface area contributed by atoms with Crippen LogP contribution in [0.3, 0.4) is 0 Å². The normalized spacial score (nSPS) is 17.7. The maximum Gasteiger partial charge on any atom is 0.0196 e. The van der Waals surface area contributed by atoms with Gasteiger partial charge in [0.25, 0.3) is 0 Å². The first-order valence-electron chi connectivity index (χ1n) is 4.52. The Kier molecular flexibility index (Phi) is 2.99. The van der Waals surface area contributed by atoms with E-state index in [4.69, 9.17) is 5.73 Å². The van der Waals surface area contributed by atoms with Crippen LogP contribution in [0.15, 0.2) is 24.3 Å². The first-order chi connectivity index (χ1) is 5.68. The van der Waals surface area contributed by atoms with Crippen molar-refractivity contribution in [2.75, 3.05) is 0 Å². The lowest BCUT2D eigenvalue weighted by molar-refractivity contribution is 0.672. The molecular weight excluding hydrogens is 182 g/mol. The van der Waals surface area contributed by atoms with Gasteiger partial charge in [-0.25, -0.2) is 0 Å². The van der Waals surface area contributed by atoms with Gasteiger partial charge in [0.1, 0.15) is 0 Å². The van der Waals surface area contributed by atoms with Gasteiger partial charge in [-0.05, 0) is 31.7 Å². The summed E-state index contributed by atoms with van der Waals surface area (Å²) in [6.45, 7) is 2.11. The van der Waals surface area contributed by atoms with E-state index in [1.165, 1.54) is 24.0 Å². The third-order valence-corrected chi connectivity index (χ3v) is 2.57. The molecule has 1 aromatic carbocycles. The molecule has 0 aliphatic heterocycles. The van der Waals surface area contributed by atoms with Crippen LogP contribution in [0.1, 0.15) is 24.0 Å². The van der Waals surface area contributed by atoms with E-state index in [0.717, 1.165) is 6.42 Å². The Morgan fingerprint density at radius 1 is 1.23 bits per heavy atom. The van der Waals surface area contributed by atoms with E-state index in [0.29, 0.717) is 0 Å². The summed E-state index contributed by atoms with van der Waals surface area (Å²) >= 11 is 0. The summed E-state index contributed by atoms with van der Waals surface area (Å²) in [5.74, 6) is 0. The predicted octanol–water partition coefficient (Wildman–Crippen LogP) is 2.45. The molecular formula is C11H16ClN. The van der Waals surface area contributed by atoms with Gasteiger partial charge in [0, 0.05) is 5.54 Å². The van der Waals surface area contributed by atoms with Crippen LogP contribution in [-0.4, -0.2) is 5.54 Å². The largest absolute Gasteiger partial charge is 0.325 e. The van der Waals surface area contributed by atoms with Gasteiger partial charge in [0.15, 0.2) is 0 Å². The maximum absolute atomic E-state index is 6.02. The van der Waals surface area contributed by atoms with Crippen LogP contribution in [0, 0.1) is 6.92 Å². The molecule has 0 spiro atoms. The van der Waals surface area contributed by atoms with E-state index in [9.17, 15) is 0 Å². The number of halogens is 1. The van der Waals surface area contributed by atoms with E-state index in [1.54, 1.807) is 0 Å². The zero-order chi connectivity index (χ0) is 8.60. The molecule has 0 amide bonds. The average Bonchev–Trinajstić information content (AvgIpc) is 2.74. The number of aryl methyl sites for hydroxylation is 1. The van der Waals surface area contributed by atoms with E-state index >= 15 is 0 Å². The Morgan fingerprint density at radius 3 is 2.23 bits per heavy atom. The molecule has 72 valence electrons. The Labute approximate surface area is 85.7 Å². The molecule has 13 heavy (non-hydrogen) atoms. The fourth-order valence-electron chi connectivity index (χ4n) is 1.45. The lowest BCUT2D eigenvalue weighted by atomic mass is 10.0. The third-order valence-electron chi connectivity index (χ3n) is 2.57. The molecule has 0 saturated heterocycles. The van der Waals surface area contributed by atoms with Crippen LogP contribution in [0.5, 0.6) is 0 Å². The SMILES string of the molecule is Cc1ccc(CC2(N)CC2)cc1.Cl. The van der Waals surface area contributed by atoms with Gasteiger partial charge < -0.3 is 5.73 Å². The second-order valence-electron chi connectivity index (χ2n) is 4.02. The summed E-state index contributed by atoms with van der Waals surface area (Å²) < 4.78 is 0. The molecule has 0 bridgehead atoms. The van der Waals surface area contributed by atoms with Gasteiger partial charge in [-0.2, -0.15) is 0 Å². The lowest BCUT2D eigenvalue weighted by Crippen LogP contribution is -2.24. The third kappa shape index (κ3) is 2.71. The Morgan fingerprint density at radius 2 is 1.77 bits per heavy atom. The summed E-state index contributed by atoms with van der Waals surface area (Å²) in [6.07, 6.45) is 3.44. The number of rotatable bonds is 2. The molecule has 1 nitrogen and oxygen atoms in total. The lowest BCUT2D eigenvalue weighted by Gasteiger charge is -2.07. The van der Waals surface area contributed by atoms with Crippen molar-refractivity contribution in [2.24, 2.45) is 5.73 Å². The second kappa shape index (κ2) is 3.69. The van der Waals surface area contributed by atoms with Crippen molar-refractivity contribution in [1.29, 1.82) is 0 Å². The molecule has 1 aromatic rings. The van der Waals surface area contributed by atoms with Crippen LogP contribution in [-0.2, 0) is 6.42 Å². The minimum atomic E-state index is 0. The van der Waals surface area contributed by atoms with Gasteiger partial charge in [0.05, 0.1) is 0 Å². The average molecular weight is 198 g/mol. The van der Waals surface area contributed by atoms with Gasteiger partial charge >= 0.3 is 0 Å². The highest BCUT2D eigenvalue weighted by Gasteiger charge is 2.37.